The lowest BCUT2D eigenvalue weighted by Gasteiger charge is -2.16. The maximum absolute atomic E-state index is 12.4. The standard InChI is InChI=1S/C18H18F3N5O4S/c19-18(20,21)31-10-3-1-9(2-4-10)5-22-15-12-16(24-7-23-15)26(8-25-12)17-14(29)13(28)11(6-27)30-17/h1-4,7-8,11,13-14,17,27-29H,5-6H2,(H,22,23,24)/t11-,13-,14-,17?/m1/s1. The molecule has 0 spiro atoms. The normalized spacial score (nSPS) is 24.1. The first-order valence-corrected chi connectivity index (χ1v) is 9.97. The van der Waals surface area contributed by atoms with Crippen molar-refractivity contribution in [3.05, 3.63) is 42.5 Å². The number of aliphatic hydroxyl groups is 3. The number of benzene rings is 1. The van der Waals surface area contributed by atoms with Crippen molar-refractivity contribution in [2.24, 2.45) is 0 Å². The highest BCUT2D eigenvalue weighted by molar-refractivity contribution is 8.00. The number of imidazole rings is 1. The Morgan fingerprint density at radius 1 is 1.10 bits per heavy atom. The van der Waals surface area contributed by atoms with E-state index in [0.29, 0.717) is 17.0 Å². The number of nitrogens with zero attached hydrogens (tertiary/aromatic N) is 4. The quantitative estimate of drug-likeness (QED) is 0.409. The van der Waals surface area contributed by atoms with Crippen LogP contribution in [0.1, 0.15) is 11.8 Å². The molecule has 0 amide bonds. The second-order valence-electron chi connectivity index (χ2n) is 6.82. The lowest BCUT2D eigenvalue weighted by molar-refractivity contribution is -0.0511. The summed E-state index contributed by atoms with van der Waals surface area (Å²) in [5.41, 5.74) is -2.88. The number of aliphatic hydroxyl groups excluding tert-OH is 3. The number of rotatable bonds is 6. The zero-order valence-corrected chi connectivity index (χ0v) is 16.6. The van der Waals surface area contributed by atoms with Crippen molar-refractivity contribution in [2.45, 2.75) is 41.5 Å². The van der Waals surface area contributed by atoms with Gasteiger partial charge in [0.1, 0.15) is 24.6 Å². The van der Waals surface area contributed by atoms with Gasteiger partial charge < -0.3 is 25.4 Å². The molecule has 1 aromatic carbocycles. The van der Waals surface area contributed by atoms with Crippen molar-refractivity contribution in [2.75, 3.05) is 11.9 Å². The van der Waals surface area contributed by atoms with Crippen LogP contribution in [-0.2, 0) is 11.3 Å². The van der Waals surface area contributed by atoms with Gasteiger partial charge in [-0.15, -0.1) is 0 Å². The largest absolute Gasteiger partial charge is 0.446 e. The van der Waals surface area contributed by atoms with E-state index in [-0.39, 0.29) is 23.2 Å². The van der Waals surface area contributed by atoms with Gasteiger partial charge in [0.15, 0.2) is 23.2 Å². The van der Waals surface area contributed by atoms with Gasteiger partial charge in [-0.05, 0) is 29.5 Å². The minimum atomic E-state index is -4.34. The molecule has 31 heavy (non-hydrogen) atoms. The van der Waals surface area contributed by atoms with Gasteiger partial charge in [0.25, 0.3) is 0 Å². The van der Waals surface area contributed by atoms with Gasteiger partial charge in [-0.2, -0.15) is 13.2 Å². The van der Waals surface area contributed by atoms with Crippen LogP contribution >= 0.6 is 11.8 Å². The van der Waals surface area contributed by atoms with Crippen LogP contribution in [0.25, 0.3) is 11.2 Å². The fraction of sp³-hybridized carbons (Fsp3) is 0.389. The molecule has 1 aliphatic rings. The fourth-order valence-corrected chi connectivity index (χ4v) is 3.81. The Morgan fingerprint density at radius 2 is 1.84 bits per heavy atom. The van der Waals surface area contributed by atoms with E-state index in [1.54, 1.807) is 12.1 Å². The Bertz CT molecular complexity index is 1050. The summed E-state index contributed by atoms with van der Waals surface area (Å²) in [4.78, 5) is 12.7. The van der Waals surface area contributed by atoms with Crippen LogP contribution in [0.15, 0.2) is 41.8 Å². The van der Waals surface area contributed by atoms with Crippen LogP contribution in [0.5, 0.6) is 0 Å². The smallest absolute Gasteiger partial charge is 0.394 e. The second kappa shape index (κ2) is 8.59. The number of hydrogen-bond acceptors (Lipinski definition) is 9. The van der Waals surface area contributed by atoms with Crippen molar-refractivity contribution >= 4 is 28.7 Å². The number of anilines is 1. The van der Waals surface area contributed by atoms with Gasteiger partial charge in [0.2, 0.25) is 0 Å². The number of halogens is 3. The number of hydrogen-bond donors (Lipinski definition) is 4. The predicted octanol–water partition coefficient (Wildman–Crippen LogP) is 1.66. The molecule has 1 saturated heterocycles. The Hall–Kier alpha value is -2.45. The molecule has 3 heterocycles. The first-order chi connectivity index (χ1) is 14.8. The molecule has 3 aromatic rings. The fourth-order valence-electron chi connectivity index (χ4n) is 3.27. The zero-order chi connectivity index (χ0) is 22.2. The molecular weight excluding hydrogens is 439 g/mol. The zero-order valence-electron chi connectivity index (χ0n) is 15.8. The molecule has 1 fully saturated rings. The van der Waals surface area contributed by atoms with Gasteiger partial charge in [-0.1, -0.05) is 12.1 Å². The molecule has 9 nitrogen and oxygen atoms in total. The van der Waals surface area contributed by atoms with Gasteiger partial charge in [0.05, 0.1) is 12.9 Å². The van der Waals surface area contributed by atoms with Crippen molar-refractivity contribution in [1.29, 1.82) is 0 Å². The highest BCUT2D eigenvalue weighted by atomic mass is 32.2. The van der Waals surface area contributed by atoms with E-state index in [9.17, 15) is 28.5 Å². The molecule has 0 aliphatic carbocycles. The minimum Gasteiger partial charge on any atom is -0.394 e. The van der Waals surface area contributed by atoms with Gasteiger partial charge >= 0.3 is 5.51 Å². The molecule has 4 atom stereocenters. The summed E-state index contributed by atoms with van der Waals surface area (Å²) in [7, 11) is 0. The summed E-state index contributed by atoms with van der Waals surface area (Å²) >= 11 is -0.177. The Kier molecular flexibility index (Phi) is 6.03. The SMILES string of the molecule is OC[C@H]1OC(n2cnc3c(NCc4ccc(SC(F)(F)F)cc4)ncnc32)[C@H](O)[C@@H]1O. The lowest BCUT2D eigenvalue weighted by atomic mass is 10.1. The third-order valence-electron chi connectivity index (χ3n) is 4.77. The molecular formula is C18H18F3N5O4S. The van der Waals surface area contributed by atoms with Gasteiger partial charge in [-0.25, -0.2) is 15.0 Å². The summed E-state index contributed by atoms with van der Waals surface area (Å²) in [6, 6.07) is 5.94. The first kappa shape index (κ1) is 21.8. The number of thioether (sulfide) groups is 1. The van der Waals surface area contributed by atoms with Crippen LogP contribution in [0, 0.1) is 0 Å². The third kappa shape index (κ3) is 4.60. The van der Waals surface area contributed by atoms with Crippen LogP contribution in [0.2, 0.25) is 0 Å². The van der Waals surface area contributed by atoms with Gasteiger partial charge in [0, 0.05) is 11.4 Å². The second-order valence-corrected chi connectivity index (χ2v) is 7.96. The van der Waals surface area contributed by atoms with Crippen molar-refractivity contribution in [3.63, 3.8) is 0 Å². The molecule has 1 aliphatic heterocycles. The summed E-state index contributed by atoms with van der Waals surface area (Å²) < 4.78 is 44.3. The van der Waals surface area contributed by atoms with Crippen LogP contribution in [0.3, 0.4) is 0 Å². The summed E-state index contributed by atoms with van der Waals surface area (Å²) in [5.74, 6) is 0.379. The van der Waals surface area contributed by atoms with E-state index >= 15 is 0 Å². The molecule has 13 heteroatoms. The molecule has 1 unspecified atom stereocenters. The average Bonchev–Trinajstić information content (AvgIpc) is 3.28. The Balaban J connectivity index is 1.50. The topological polar surface area (TPSA) is 126 Å². The van der Waals surface area contributed by atoms with E-state index in [4.69, 9.17) is 4.74 Å². The molecule has 0 saturated carbocycles. The van der Waals surface area contributed by atoms with E-state index in [1.165, 1.54) is 29.4 Å². The van der Waals surface area contributed by atoms with E-state index < -0.39 is 36.7 Å². The third-order valence-corrected chi connectivity index (χ3v) is 5.51. The highest BCUT2D eigenvalue weighted by Gasteiger charge is 2.44. The number of nitrogens with one attached hydrogen (secondary N) is 1. The number of fused-ring (bicyclic) bond motifs is 1. The van der Waals surface area contributed by atoms with Gasteiger partial charge in [-0.3, -0.25) is 4.57 Å². The predicted molar refractivity (Wildman–Crippen MR) is 104 cm³/mol. The lowest BCUT2D eigenvalue weighted by Crippen LogP contribution is -2.33. The maximum Gasteiger partial charge on any atom is 0.446 e. The number of aromatic nitrogens is 4. The molecule has 166 valence electrons. The van der Waals surface area contributed by atoms with Crippen LogP contribution in [0.4, 0.5) is 19.0 Å². The first-order valence-electron chi connectivity index (χ1n) is 9.15. The maximum atomic E-state index is 12.4. The molecule has 0 radical (unpaired) electrons. The summed E-state index contributed by atoms with van der Waals surface area (Å²) in [5, 5.41) is 32.5. The molecule has 0 bridgehead atoms. The molecule has 4 rings (SSSR count). The van der Waals surface area contributed by atoms with Crippen molar-refractivity contribution in [1.82, 2.24) is 19.5 Å². The Morgan fingerprint density at radius 3 is 2.48 bits per heavy atom. The monoisotopic (exact) mass is 457 g/mol. The van der Waals surface area contributed by atoms with E-state index in [0.717, 1.165) is 5.56 Å². The van der Waals surface area contributed by atoms with E-state index in [2.05, 4.69) is 20.3 Å². The summed E-state index contributed by atoms with van der Waals surface area (Å²) in [6.07, 6.45) is -1.80. The molecule has 2 aromatic heterocycles. The van der Waals surface area contributed by atoms with E-state index in [1.807, 2.05) is 0 Å². The van der Waals surface area contributed by atoms with Crippen molar-refractivity contribution < 1.29 is 33.2 Å². The summed E-state index contributed by atoms with van der Waals surface area (Å²) in [6.45, 7) is -0.173. The average molecular weight is 457 g/mol. The number of alkyl halides is 3. The Labute approximate surface area is 177 Å². The molecule has 4 N–H and O–H groups in total. The number of ether oxygens (including phenoxy) is 1. The van der Waals surface area contributed by atoms with Crippen LogP contribution in [-0.4, -0.2) is 65.3 Å². The van der Waals surface area contributed by atoms with Crippen molar-refractivity contribution in [3.8, 4) is 0 Å². The minimum absolute atomic E-state index is 0.0953. The van der Waals surface area contributed by atoms with Crippen LogP contribution < -0.4 is 5.32 Å². The highest BCUT2D eigenvalue weighted by Crippen LogP contribution is 2.37.